The zero-order valence-corrected chi connectivity index (χ0v) is 27.9. The molecule has 3 atom stereocenters. The Balaban J connectivity index is 2.10. The van der Waals surface area contributed by atoms with E-state index in [0.29, 0.717) is 50.6 Å². The zero-order chi connectivity index (χ0) is 34.4. The highest BCUT2D eigenvalue weighted by atomic mass is 19.1. The molecule has 1 aliphatic heterocycles. The van der Waals surface area contributed by atoms with E-state index >= 15 is 4.39 Å². The molecule has 13 heteroatoms. The highest BCUT2D eigenvalue weighted by Crippen LogP contribution is 2.24. The summed E-state index contributed by atoms with van der Waals surface area (Å²) >= 11 is 0. The Morgan fingerprint density at radius 1 is 1.02 bits per heavy atom. The summed E-state index contributed by atoms with van der Waals surface area (Å²) in [6.07, 6.45) is 3.55. The maximum atomic E-state index is 15.2. The lowest BCUT2D eigenvalue weighted by Crippen LogP contribution is -2.55. The van der Waals surface area contributed by atoms with E-state index in [1.165, 1.54) is 11.0 Å². The summed E-state index contributed by atoms with van der Waals surface area (Å²) in [5, 5.41) is 5.55. The van der Waals surface area contributed by atoms with Crippen molar-refractivity contribution in [3.8, 4) is 5.75 Å². The van der Waals surface area contributed by atoms with Gasteiger partial charge in [-0.2, -0.15) is 0 Å². The average molecular weight is 650 g/mol. The van der Waals surface area contributed by atoms with Crippen LogP contribution in [0.25, 0.3) is 0 Å². The van der Waals surface area contributed by atoms with Crippen LogP contribution in [0.2, 0.25) is 0 Å². The van der Waals surface area contributed by atoms with Gasteiger partial charge in [0.2, 0.25) is 23.6 Å². The molecule has 258 valence electrons. The monoisotopic (exact) mass is 649 g/mol. The molecule has 0 aromatic heterocycles. The van der Waals surface area contributed by atoms with Crippen molar-refractivity contribution in [1.29, 1.82) is 0 Å². The van der Waals surface area contributed by atoms with Crippen LogP contribution in [0.3, 0.4) is 0 Å². The number of carbonyl (C=O) groups is 5. The third-order valence-electron chi connectivity index (χ3n) is 7.47. The Hall–Kier alpha value is -3.90. The lowest BCUT2D eigenvalue weighted by molar-refractivity contribution is -0.140. The van der Waals surface area contributed by atoms with Crippen molar-refractivity contribution in [3.05, 3.63) is 29.6 Å². The topological polar surface area (TPSA) is 183 Å². The van der Waals surface area contributed by atoms with Crippen LogP contribution in [0.1, 0.15) is 98.0 Å². The first-order valence-corrected chi connectivity index (χ1v) is 16.1. The fourth-order valence-corrected chi connectivity index (χ4v) is 5.30. The van der Waals surface area contributed by atoms with Crippen LogP contribution in [0.4, 0.5) is 9.18 Å². The molecule has 0 radical (unpaired) electrons. The lowest BCUT2D eigenvalue weighted by atomic mass is 10.0. The summed E-state index contributed by atoms with van der Waals surface area (Å²) < 4.78 is 26.4. The van der Waals surface area contributed by atoms with Crippen LogP contribution >= 0.6 is 0 Å². The van der Waals surface area contributed by atoms with Crippen molar-refractivity contribution < 1.29 is 37.8 Å². The number of amides is 5. The van der Waals surface area contributed by atoms with E-state index in [2.05, 4.69) is 10.6 Å². The standard InChI is InChI=1S/C33H52FN5O7/c1-21(2)19-24(38-32(44)46-33(3,4)5)31(43)39-18-10-13-25(39)30(42)37-23(16-17-28(36)41)20-45-26-14-9-12-22(29(26)34)11-7-6-8-15-27(35)40/h9,12,14,21,23-25H,6-8,10-11,13,15-20H2,1-5H3,(H2,35,40)(H2,36,41)(H,37,42)(H,38,44)/t23-,24-,25-/m0/s1. The van der Waals surface area contributed by atoms with E-state index in [4.69, 9.17) is 20.9 Å². The molecular formula is C33H52FN5O7. The fourth-order valence-electron chi connectivity index (χ4n) is 5.30. The summed E-state index contributed by atoms with van der Waals surface area (Å²) in [5.74, 6) is -2.17. The van der Waals surface area contributed by atoms with Crippen LogP contribution in [-0.4, -0.2) is 71.5 Å². The van der Waals surface area contributed by atoms with Crippen molar-refractivity contribution in [2.24, 2.45) is 17.4 Å². The number of hydrogen-bond acceptors (Lipinski definition) is 7. The van der Waals surface area contributed by atoms with Crippen LogP contribution in [0, 0.1) is 11.7 Å². The minimum absolute atomic E-state index is 0.00961. The average Bonchev–Trinajstić information content (AvgIpc) is 3.43. The van der Waals surface area contributed by atoms with Crippen molar-refractivity contribution in [2.45, 2.75) is 123 Å². The molecule has 0 unspecified atom stereocenters. The largest absolute Gasteiger partial charge is 0.488 e. The normalized spacial score (nSPS) is 16.1. The molecule has 2 rings (SSSR count). The minimum atomic E-state index is -0.879. The number of alkyl carbamates (subject to hydrolysis) is 1. The molecule has 1 aliphatic rings. The molecule has 1 aromatic carbocycles. The molecule has 46 heavy (non-hydrogen) atoms. The van der Waals surface area contributed by atoms with Crippen molar-refractivity contribution >= 4 is 29.7 Å². The Bertz CT molecular complexity index is 1200. The predicted molar refractivity (Wildman–Crippen MR) is 171 cm³/mol. The summed E-state index contributed by atoms with van der Waals surface area (Å²) in [4.78, 5) is 63.6. The maximum Gasteiger partial charge on any atom is 0.408 e. The first-order chi connectivity index (χ1) is 21.6. The number of hydrogen-bond donors (Lipinski definition) is 4. The molecule has 1 saturated heterocycles. The number of nitrogens with two attached hydrogens (primary N) is 2. The van der Waals surface area contributed by atoms with Gasteiger partial charge >= 0.3 is 6.09 Å². The van der Waals surface area contributed by atoms with E-state index in [1.807, 2.05) is 13.8 Å². The lowest BCUT2D eigenvalue weighted by Gasteiger charge is -2.31. The Morgan fingerprint density at radius 3 is 2.35 bits per heavy atom. The van der Waals surface area contributed by atoms with Gasteiger partial charge in [0, 0.05) is 19.4 Å². The molecule has 0 spiro atoms. The predicted octanol–water partition coefficient (Wildman–Crippen LogP) is 3.47. The van der Waals surface area contributed by atoms with E-state index in [-0.39, 0.29) is 49.4 Å². The Kier molecular flexibility index (Phi) is 15.2. The zero-order valence-electron chi connectivity index (χ0n) is 27.9. The van der Waals surface area contributed by atoms with Crippen LogP contribution < -0.4 is 26.8 Å². The third-order valence-corrected chi connectivity index (χ3v) is 7.47. The molecule has 1 heterocycles. The van der Waals surface area contributed by atoms with Gasteiger partial charge in [-0.1, -0.05) is 32.4 Å². The number of carbonyl (C=O) groups excluding carboxylic acids is 5. The molecule has 5 amide bonds. The highest BCUT2D eigenvalue weighted by Gasteiger charge is 2.39. The molecule has 0 bridgehead atoms. The Morgan fingerprint density at radius 2 is 1.72 bits per heavy atom. The molecule has 12 nitrogen and oxygen atoms in total. The van der Waals surface area contributed by atoms with E-state index in [1.54, 1.807) is 32.9 Å². The van der Waals surface area contributed by atoms with E-state index in [0.717, 1.165) is 6.42 Å². The molecule has 0 saturated carbocycles. The maximum absolute atomic E-state index is 15.2. The van der Waals surface area contributed by atoms with Gasteiger partial charge in [0.05, 0.1) is 6.04 Å². The first-order valence-electron chi connectivity index (χ1n) is 16.1. The minimum Gasteiger partial charge on any atom is -0.488 e. The van der Waals surface area contributed by atoms with Crippen LogP contribution in [0.15, 0.2) is 18.2 Å². The Labute approximate surface area is 271 Å². The number of primary amides is 2. The third kappa shape index (κ3) is 13.6. The quantitative estimate of drug-likeness (QED) is 0.176. The molecule has 1 aromatic rings. The van der Waals surface area contributed by atoms with Gasteiger partial charge in [0.1, 0.15) is 24.3 Å². The smallest absolute Gasteiger partial charge is 0.408 e. The van der Waals surface area contributed by atoms with Gasteiger partial charge in [-0.25, -0.2) is 9.18 Å². The molecular weight excluding hydrogens is 597 g/mol. The first kappa shape index (κ1) is 38.3. The SMILES string of the molecule is CC(C)C[C@H](NC(=O)OC(C)(C)C)C(=O)N1CCC[C@H]1C(=O)N[C@@H](CCC(N)=O)COc1cccc(CCCCCC(N)=O)c1F. The van der Waals surface area contributed by atoms with Gasteiger partial charge in [-0.05, 0) is 83.3 Å². The fraction of sp³-hybridized carbons (Fsp3) is 0.667. The number of nitrogens with zero attached hydrogens (tertiary/aromatic N) is 1. The summed E-state index contributed by atoms with van der Waals surface area (Å²) in [6.45, 7) is 9.26. The number of rotatable bonds is 18. The molecule has 1 fully saturated rings. The van der Waals surface area contributed by atoms with Gasteiger partial charge in [0.15, 0.2) is 11.6 Å². The number of halogens is 1. The van der Waals surface area contributed by atoms with Gasteiger partial charge < -0.3 is 36.5 Å². The second-order valence-electron chi connectivity index (χ2n) is 13.3. The second-order valence-corrected chi connectivity index (χ2v) is 13.3. The van der Waals surface area contributed by atoms with Crippen molar-refractivity contribution in [2.75, 3.05) is 13.2 Å². The number of aryl methyl sites for hydroxylation is 1. The summed E-state index contributed by atoms with van der Waals surface area (Å²) in [6, 6.07) is 2.46. The number of unbranched alkanes of at least 4 members (excludes halogenated alkanes) is 2. The number of benzene rings is 1. The summed E-state index contributed by atoms with van der Waals surface area (Å²) in [7, 11) is 0. The van der Waals surface area contributed by atoms with Crippen molar-refractivity contribution in [3.63, 3.8) is 0 Å². The highest BCUT2D eigenvalue weighted by molar-refractivity contribution is 5.92. The van der Waals surface area contributed by atoms with Crippen LogP contribution in [-0.2, 0) is 30.3 Å². The van der Waals surface area contributed by atoms with Gasteiger partial charge in [-0.15, -0.1) is 0 Å². The number of ether oxygens (including phenoxy) is 2. The van der Waals surface area contributed by atoms with Gasteiger partial charge in [0.25, 0.3) is 0 Å². The van der Waals surface area contributed by atoms with E-state index < -0.39 is 47.5 Å². The second kappa shape index (κ2) is 18.3. The number of nitrogens with one attached hydrogen (secondary N) is 2. The number of likely N-dealkylation sites (tertiary alicyclic amines) is 1. The summed E-state index contributed by atoms with van der Waals surface area (Å²) in [5.41, 5.74) is 10.3. The van der Waals surface area contributed by atoms with Crippen LogP contribution in [0.5, 0.6) is 5.75 Å². The van der Waals surface area contributed by atoms with Crippen molar-refractivity contribution in [1.82, 2.24) is 15.5 Å². The molecule has 6 N–H and O–H groups in total. The molecule has 0 aliphatic carbocycles. The van der Waals surface area contributed by atoms with Gasteiger partial charge in [-0.3, -0.25) is 19.2 Å². The van der Waals surface area contributed by atoms with E-state index in [9.17, 15) is 24.0 Å².